The maximum absolute atomic E-state index is 10.0. The molecule has 17 heavy (non-hydrogen) atoms. The van der Waals surface area contributed by atoms with Gasteiger partial charge in [0.1, 0.15) is 5.75 Å². The third kappa shape index (κ3) is 3.01. The quantitative estimate of drug-likeness (QED) is 0.620. The first kappa shape index (κ1) is 12.4. The third-order valence-electron chi connectivity index (χ3n) is 3.76. The van der Waals surface area contributed by atoms with Gasteiger partial charge in [-0.15, -0.1) is 0 Å². The molecule has 0 aromatic heterocycles. The third-order valence-corrected chi connectivity index (χ3v) is 3.76. The van der Waals surface area contributed by atoms with Gasteiger partial charge in [0.15, 0.2) is 0 Å². The number of phenols is 1. The van der Waals surface area contributed by atoms with Crippen molar-refractivity contribution in [2.45, 2.75) is 51.4 Å². The molecular weight excluding hydrogens is 210 g/mol. The summed E-state index contributed by atoms with van der Waals surface area (Å²) in [5.74, 6) is 0.489. The fourth-order valence-corrected chi connectivity index (χ4v) is 2.79. The summed E-state index contributed by atoms with van der Waals surface area (Å²) in [4.78, 5) is 0. The highest BCUT2D eigenvalue weighted by atomic mass is 16.3. The molecule has 0 aliphatic heterocycles. The first-order chi connectivity index (χ1) is 8.33. The largest absolute Gasteiger partial charge is 0.508 e. The molecule has 0 spiro atoms. The molecule has 0 saturated carbocycles. The number of unbranched alkanes of at least 4 members (excludes halogenated alkanes) is 1. The van der Waals surface area contributed by atoms with E-state index in [1.807, 2.05) is 6.07 Å². The Hall–Kier alpha value is -1.02. The first-order valence-electron chi connectivity index (χ1n) is 6.85. The molecule has 1 aromatic carbocycles. The SMILES string of the molecule is NCCCCc1c(O)ccc2c1CCCCC2. The number of hydrogen-bond acceptors (Lipinski definition) is 2. The van der Waals surface area contributed by atoms with E-state index in [2.05, 4.69) is 6.07 Å². The highest BCUT2D eigenvalue weighted by Gasteiger charge is 2.14. The molecule has 94 valence electrons. The number of nitrogens with two attached hydrogens (primary N) is 1. The molecule has 0 saturated heterocycles. The number of aryl methyl sites for hydroxylation is 1. The monoisotopic (exact) mass is 233 g/mol. The maximum atomic E-state index is 10.0. The van der Waals surface area contributed by atoms with Gasteiger partial charge in [0.05, 0.1) is 0 Å². The Morgan fingerprint density at radius 3 is 2.71 bits per heavy atom. The van der Waals surface area contributed by atoms with Gasteiger partial charge in [-0.1, -0.05) is 12.5 Å². The van der Waals surface area contributed by atoms with Gasteiger partial charge in [0.2, 0.25) is 0 Å². The van der Waals surface area contributed by atoms with Crippen LogP contribution in [0.25, 0.3) is 0 Å². The van der Waals surface area contributed by atoms with Crippen LogP contribution >= 0.6 is 0 Å². The van der Waals surface area contributed by atoms with Crippen LogP contribution in [0.1, 0.15) is 48.8 Å². The van der Waals surface area contributed by atoms with E-state index < -0.39 is 0 Å². The Morgan fingerprint density at radius 2 is 1.88 bits per heavy atom. The molecular formula is C15H23NO. The topological polar surface area (TPSA) is 46.2 Å². The Bertz CT molecular complexity index is 373. The van der Waals surface area contributed by atoms with Crippen molar-refractivity contribution < 1.29 is 5.11 Å². The summed E-state index contributed by atoms with van der Waals surface area (Å²) in [5, 5.41) is 10.0. The van der Waals surface area contributed by atoms with E-state index >= 15 is 0 Å². The van der Waals surface area contributed by atoms with Crippen molar-refractivity contribution in [3.63, 3.8) is 0 Å². The molecule has 2 heteroatoms. The average molecular weight is 233 g/mol. The summed E-state index contributed by atoms with van der Waals surface area (Å²) in [7, 11) is 0. The van der Waals surface area contributed by atoms with Crippen molar-refractivity contribution in [2.75, 3.05) is 6.54 Å². The van der Waals surface area contributed by atoms with E-state index in [0.29, 0.717) is 5.75 Å². The van der Waals surface area contributed by atoms with Crippen LogP contribution in [-0.4, -0.2) is 11.7 Å². The van der Waals surface area contributed by atoms with Crippen molar-refractivity contribution in [3.05, 3.63) is 28.8 Å². The van der Waals surface area contributed by atoms with E-state index in [1.54, 1.807) is 0 Å². The predicted octanol–water partition coefficient (Wildman–Crippen LogP) is 2.94. The van der Waals surface area contributed by atoms with Gasteiger partial charge in [-0.3, -0.25) is 0 Å². The summed E-state index contributed by atoms with van der Waals surface area (Å²) in [6, 6.07) is 3.99. The van der Waals surface area contributed by atoms with Gasteiger partial charge >= 0.3 is 0 Å². The molecule has 0 atom stereocenters. The lowest BCUT2D eigenvalue weighted by Gasteiger charge is -2.14. The fourth-order valence-electron chi connectivity index (χ4n) is 2.79. The smallest absolute Gasteiger partial charge is 0.119 e. The number of hydrogen-bond donors (Lipinski definition) is 2. The van der Waals surface area contributed by atoms with Crippen LogP contribution < -0.4 is 5.73 Å². The molecule has 0 radical (unpaired) electrons. The molecule has 0 fully saturated rings. The van der Waals surface area contributed by atoms with Crippen molar-refractivity contribution in [3.8, 4) is 5.75 Å². The van der Waals surface area contributed by atoms with Crippen LogP contribution in [0, 0.1) is 0 Å². The molecule has 0 unspecified atom stereocenters. The fraction of sp³-hybridized carbons (Fsp3) is 0.600. The number of fused-ring (bicyclic) bond motifs is 1. The molecule has 1 aliphatic rings. The molecule has 0 amide bonds. The van der Waals surface area contributed by atoms with E-state index in [1.165, 1.54) is 42.4 Å². The van der Waals surface area contributed by atoms with Crippen LogP contribution in [0.4, 0.5) is 0 Å². The number of phenolic OH excluding ortho intramolecular Hbond substituents is 1. The molecule has 0 heterocycles. The molecule has 0 bridgehead atoms. The number of aromatic hydroxyl groups is 1. The van der Waals surface area contributed by atoms with E-state index in [0.717, 1.165) is 32.2 Å². The minimum atomic E-state index is 0.489. The van der Waals surface area contributed by atoms with Gasteiger partial charge in [0.25, 0.3) is 0 Å². The molecule has 2 rings (SSSR count). The van der Waals surface area contributed by atoms with Crippen LogP contribution in [0.3, 0.4) is 0 Å². The predicted molar refractivity (Wildman–Crippen MR) is 71.4 cm³/mol. The number of benzene rings is 1. The van der Waals surface area contributed by atoms with Crippen LogP contribution in [0.15, 0.2) is 12.1 Å². The lowest BCUT2D eigenvalue weighted by Crippen LogP contribution is -2.02. The van der Waals surface area contributed by atoms with E-state index in [4.69, 9.17) is 5.73 Å². The zero-order valence-electron chi connectivity index (χ0n) is 10.5. The molecule has 1 aliphatic carbocycles. The van der Waals surface area contributed by atoms with Crippen molar-refractivity contribution in [1.82, 2.24) is 0 Å². The normalized spacial score (nSPS) is 15.4. The summed E-state index contributed by atoms with van der Waals surface area (Å²) in [6.45, 7) is 0.746. The maximum Gasteiger partial charge on any atom is 0.119 e. The Balaban J connectivity index is 2.22. The average Bonchev–Trinajstić information content (AvgIpc) is 2.57. The standard InChI is InChI=1S/C15H23NO/c16-11-5-4-8-14-13-7-3-1-2-6-12(13)9-10-15(14)17/h9-10,17H,1-8,11,16H2. The van der Waals surface area contributed by atoms with Crippen LogP contribution in [-0.2, 0) is 19.3 Å². The van der Waals surface area contributed by atoms with Gasteiger partial charge in [0, 0.05) is 0 Å². The summed E-state index contributed by atoms with van der Waals surface area (Å²) in [6.07, 6.45) is 9.30. The van der Waals surface area contributed by atoms with Gasteiger partial charge in [-0.05, 0) is 74.2 Å². The second kappa shape index (κ2) is 6.06. The van der Waals surface area contributed by atoms with E-state index in [-0.39, 0.29) is 0 Å². The minimum Gasteiger partial charge on any atom is -0.508 e. The lowest BCUT2D eigenvalue weighted by atomic mass is 9.93. The first-order valence-corrected chi connectivity index (χ1v) is 6.85. The van der Waals surface area contributed by atoms with Crippen molar-refractivity contribution >= 4 is 0 Å². The summed E-state index contributed by atoms with van der Waals surface area (Å²) < 4.78 is 0. The zero-order valence-corrected chi connectivity index (χ0v) is 10.5. The van der Waals surface area contributed by atoms with E-state index in [9.17, 15) is 5.11 Å². The Labute approximate surface area is 104 Å². The highest BCUT2D eigenvalue weighted by Crippen LogP contribution is 2.30. The van der Waals surface area contributed by atoms with Gasteiger partial charge < -0.3 is 10.8 Å². The second-order valence-electron chi connectivity index (χ2n) is 5.01. The van der Waals surface area contributed by atoms with Crippen molar-refractivity contribution in [2.24, 2.45) is 5.73 Å². The molecule has 1 aromatic rings. The lowest BCUT2D eigenvalue weighted by molar-refractivity contribution is 0.465. The second-order valence-corrected chi connectivity index (χ2v) is 5.01. The Kier molecular flexibility index (Phi) is 4.43. The Morgan fingerprint density at radius 1 is 1.06 bits per heavy atom. The summed E-state index contributed by atoms with van der Waals surface area (Å²) in [5.41, 5.74) is 9.61. The highest BCUT2D eigenvalue weighted by molar-refractivity contribution is 5.45. The van der Waals surface area contributed by atoms with Gasteiger partial charge in [-0.2, -0.15) is 0 Å². The number of rotatable bonds is 4. The van der Waals surface area contributed by atoms with Crippen molar-refractivity contribution in [1.29, 1.82) is 0 Å². The van der Waals surface area contributed by atoms with Gasteiger partial charge in [-0.25, -0.2) is 0 Å². The molecule has 2 nitrogen and oxygen atoms in total. The molecule has 3 N–H and O–H groups in total. The zero-order chi connectivity index (χ0) is 12.1. The minimum absolute atomic E-state index is 0.489. The van der Waals surface area contributed by atoms with Crippen LogP contribution in [0.2, 0.25) is 0 Å². The summed E-state index contributed by atoms with van der Waals surface area (Å²) >= 11 is 0. The van der Waals surface area contributed by atoms with Crippen LogP contribution in [0.5, 0.6) is 5.75 Å².